The lowest BCUT2D eigenvalue weighted by Crippen LogP contribution is -2.53. The number of nitrogens with one attached hydrogen (secondary N) is 1. The highest BCUT2D eigenvalue weighted by Crippen LogP contribution is 2.16. The molecule has 1 aliphatic rings. The number of para-hydroxylation sites is 1. The molecule has 0 aliphatic carbocycles. The van der Waals surface area contributed by atoms with E-state index in [4.69, 9.17) is 0 Å². The summed E-state index contributed by atoms with van der Waals surface area (Å²) in [6, 6.07) is 13.5. The summed E-state index contributed by atoms with van der Waals surface area (Å²) in [5, 5.41) is 5.04. The maximum absolute atomic E-state index is 13.1. The number of benzene rings is 1. The number of thiophene rings is 1. The van der Waals surface area contributed by atoms with E-state index in [1.807, 2.05) is 51.2 Å². The van der Waals surface area contributed by atoms with Gasteiger partial charge in [-0.15, -0.1) is 11.3 Å². The normalized spacial score (nSPS) is 16.2. The Balaban J connectivity index is 1.37. The fourth-order valence-electron chi connectivity index (χ4n) is 4.20. The van der Waals surface area contributed by atoms with Crippen LogP contribution < -0.4 is 10.9 Å². The molecule has 1 aromatic carbocycles. The Morgan fingerprint density at radius 3 is 2.47 bits per heavy atom. The summed E-state index contributed by atoms with van der Waals surface area (Å²) in [7, 11) is 1.83. The third-order valence-corrected chi connectivity index (χ3v) is 7.33. The first kappa shape index (κ1) is 22.5. The predicted molar refractivity (Wildman–Crippen MR) is 130 cm³/mol. The second-order valence-electron chi connectivity index (χ2n) is 8.31. The third-order valence-electron chi connectivity index (χ3n) is 6.39. The molecule has 1 atom stereocenters. The molecule has 170 valence electrons. The van der Waals surface area contributed by atoms with Crippen LogP contribution in [0.4, 0.5) is 5.69 Å². The van der Waals surface area contributed by atoms with Crippen LogP contribution in [0.3, 0.4) is 0 Å². The summed E-state index contributed by atoms with van der Waals surface area (Å²) < 4.78 is 3.37. The van der Waals surface area contributed by atoms with Gasteiger partial charge in [-0.3, -0.25) is 19.2 Å². The van der Waals surface area contributed by atoms with Crippen molar-refractivity contribution in [3.05, 3.63) is 68.8 Å². The molecule has 1 unspecified atom stereocenters. The van der Waals surface area contributed by atoms with Crippen LogP contribution in [0.15, 0.2) is 52.6 Å². The molecule has 1 N–H and O–H groups in total. The molecule has 1 amide bonds. The van der Waals surface area contributed by atoms with Crippen LogP contribution in [0.1, 0.15) is 17.5 Å². The van der Waals surface area contributed by atoms with Gasteiger partial charge in [-0.25, -0.2) is 4.68 Å². The summed E-state index contributed by atoms with van der Waals surface area (Å²) in [6.07, 6.45) is 1.08. The SMILES string of the molecule is Cc1c(NC(=O)C(C)N2CCN(CCc3cccs3)CC2)c(=O)n(-c2ccccc2)n1C. The monoisotopic (exact) mass is 453 g/mol. The van der Waals surface area contributed by atoms with Crippen LogP contribution >= 0.6 is 11.3 Å². The van der Waals surface area contributed by atoms with Gasteiger partial charge in [-0.1, -0.05) is 24.3 Å². The Morgan fingerprint density at radius 1 is 1.09 bits per heavy atom. The Morgan fingerprint density at radius 2 is 1.81 bits per heavy atom. The van der Waals surface area contributed by atoms with Crippen LogP contribution in [-0.4, -0.2) is 63.8 Å². The molecule has 3 aromatic rings. The topological polar surface area (TPSA) is 62.5 Å². The molecule has 8 heteroatoms. The van der Waals surface area contributed by atoms with E-state index in [-0.39, 0.29) is 17.5 Å². The minimum absolute atomic E-state index is 0.136. The number of carbonyl (C=O) groups excluding carboxylic acids is 1. The zero-order valence-electron chi connectivity index (χ0n) is 19.0. The number of carbonyl (C=O) groups is 1. The van der Waals surface area contributed by atoms with E-state index in [0.717, 1.165) is 50.5 Å². The van der Waals surface area contributed by atoms with Gasteiger partial charge in [-0.05, 0) is 43.8 Å². The summed E-state index contributed by atoms with van der Waals surface area (Å²) in [5.74, 6) is -0.136. The smallest absolute Gasteiger partial charge is 0.295 e. The van der Waals surface area contributed by atoms with Crippen LogP contribution in [0.5, 0.6) is 0 Å². The maximum Gasteiger partial charge on any atom is 0.295 e. The van der Waals surface area contributed by atoms with Gasteiger partial charge in [0.15, 0.2) is 0 Å². The lowest BCUT2D eigenvalue weighted by Gasteiger charge is -2.37. The molecular weight excluding hydrogens is 422 g/mol. The van der Waals surface area contributed by atoms with Crippen molar-refractivity contribution in [1.29, 1.82) is 0 Å². The van der Waals surface area contributed by atoms with E-state index >= 15 is 0 Å². The Bertz CT molecular complexity index is 1100. The first-order valence-electron chi connectivity index (χ1n) is 11.1. The highest BCUT2D eigenvalue weighted by Gasteiger charge is 2.27. The van der Waals surface area contributed by atoms with Gasteiger partial charge in [-0.2, -0.15) is 0 Å². The quantitative estimate of drug-likeness (QED) is 0.598. The third kappa shape index (κ3) is 4.72. The molecular formula is C24H31N5O2S. The fraction of sp³-hybridized carbons (Fsp3) is 0.417. The zero-order chi connectivity index (χ0) is 22.7. The molecule has 4 rings (SSSR count). The van der Waals surface area contributed by atoms with Crippen LogP contribution in [0, 0.1) is 6.92 Å². The first-order chi connectivity index (χ1) is 15.5. The highest BCUT2D eigenvalue weighted by molar-refractivity contribution is 7.09. The average molecular weight is 454 g/mol. The second-order valence-corrected chi connectivity index (χ2v) is 9.34. The number of aromatic nitrogens is 2. The highest BCUT2D eigenvalue weighted by atomic mass is 32.1. The van der Waals surface area contributed by atoms with Crippen molar-refractivity contribution in [2.24, 2.45) is 7.05 Å². The Kier molecular flexibility index (Phi) is 6.93. The predicted octanol–water partition coefficient (Wildman–Crippen LogP) is 2.73. The van der Waals surface area contributed by atoms with Crippen LogP contribution in [0.25, 0.3) is 5.69 Å². The molecule has 32 heavy (non-hydrogen) atoms. The van der Waals surface area contributed by atoms with Crippen LogP contribution in [-0.2, 0) is 18.3 Å². The molecule has 0 spiro atoms. The average Bonchev–Trinajstić information content (AvgIpc) is 3.41. The van der Waals surface area contributed by atoms with E-state index in [1.165, 1.54) is 4.88 Å². The summed E-state index contributed by atoms with van der Waals surface area (Å²) in [6.45, 7) is 8.43. The van der Waals surface area contributed by atoms with E-state index in [1.54, 1.807) is 20.7 Å². The van der Waals surface area contributed by atoms with Crippen molar-refractivity contribution in [2.45, 2.75) is 26.3 Å². The second kappa shape index (κ2) is 9.85. The van der Waals surface area contributed by atoms with Gasteiger partial charge < -0.3 is 10.2 Å². The number of nitrogens with zero attached hydrogens (tertiary/aromatic N) is 4. The van der Waals surface area contributed by atoms with Crippen molar-refractivity contribution in [3.63, 3.8) is 0 Å². The minimum atomic E-state index is -0.293. The van der Waals surface area contributed by atoms with Gasteiger partial charge in [0.1, 0.15) is 5.69 Å². The van der Waals surface area contributed by atoms with Crippen LogP contribution in [0.2, 0.25) is 0 Å². The van der Waals surface area contributed by atoms with E-state index in [2.05, 4.69) is 32.6 Å². The Labute approximate surface area is 192 Å². The van der Waals surface area contributed by atoms with Crippen molar-refractivity contribution >= 4 is 22.9 Å². The summed E-state index contributed by atoms with van der Waals surface area (Å²) in [4.78, 5) is 32.2. The van der Waals surface area contributed by atoms with Gasteiger partial charge in [0, 0.05) is 44.6 Å². The number of amides is 1. The molecule has 1 saturated heterocycles. The summed E-state index contributed by atoms with van der Waals surface area (Å²) >= 11 is 1.81. The molecule has 3 heterocycles. The Hall–Kier alpha value is -2.68. The first-order valence-corrected chi connectivity index (χ1v) is 12.0. The van der Waals surface area contributed by atoms with Gasteiger partial charge in [0.2, 0.25) is 5.91 Å². The molecule has 0 radical (unpaired) electrons. The lowest BCUT2D eigenvalue weighted by atomic mass is 10.2. The lowest BCUT2D eigenvalue weighted by molar-refractivity contribution is -0.121. The number of anilines is 1. The molecule has 2 aromatic heterocycles. The molecule has 0 bridgehead atoms. The van der Waals surface area contributed by atoms with Gasteiger partial charge in [0.25, 0.3) is 5.56 Å². The van der Waals surface area contributed by atoms with Gasteiger partial charge >= 0.3 is 0 Å². The van der Waals surface area contributed by atoms with E-state index in [9.17, 15) is 9.59 Å². The minimum Gasteiger partial charge on any atom is -0.319 e. The van der Waals surface area contributed by atoms with Crippen molar-refractivity contribution in [1.82, 2.24) is 19.2 Å². The van der Waals surface area contributed by atoms with E-state index < -0.39 is 0 Å². The van der Waals surface area contributed by atoms with Crippen molar-refractivity contribution in [2.75, 3.05) is 38.0 Å². The summed E-state index contributed by atoms with van der Waals surface area (Å²) in [5.41, 5.74) is 1.64. The largest absolute Gasteiger partial charge is 0.319 e. The van der Waals surface area contributed by atoms with E-state index in [0.29, 0.717) is 5.69 Å². The van der Waals surface area contributed by atoms with Crippen molar-refractivity contribution in [3.8, 4) is 5.69 Å². The molecule has 1 aliphatic heterocycles. The number of hydrogen-bond donors (Lipinski definition) is 1. The maximum atomic E-state index is 13.1. The zero-order valence-corrected chi connectivity index (χ0v) is 19.8. The van der Waals surface area contributed by atoms with Gasteiger partial charge in [0.05, 0.1) is 17.4 Å². The molecule has 7 nitrogen and oxygen atoms in total. The fourth-order valence-corrected chi connectivity index (χ4v) is 4.90. The number of rotatable bonds is 7. The van der Waals surface area contributed by atoms with Crippen molar-refractivity contribution < 1.29 is 4.79 Å². The molecule has 0 saturated carbocycles. The number of piperazine rings is 1. The molecule has 1 fully saturated rings. The number of hydrogen-bond acceptors (Lipinski definition) is 5. The standard InChI is InChI=1S/C24H31N5O2S/c1-18-22(24(31)29(26(18)3)20-8-5-4-6-9-20)25-23(30)19(2)28-15-13-27(14-16-28)12-11-21-10-7-17-32-21/h4-10,17,19H,11-16H2,1-3H3,(H,25,30).